The maximum Gasteiger partial charge on any atom is 0.255 e. The van der Waals surface area contributed by atoms with Crippen LogP contribution in [0.3, 0.4) is 0 Å². The highest BCUT2D eigenvalue weighted by molar-refractivity contribution is 7.10. The number of nitrogens with one attached hydrogen (secondary N) is 1. The maximum atomic E-state index is 12.6. The van der Waals surface area contributed by atoms with Crippen molar-refractivity contribution in [3.63, 3.8) is 0 Å². The minimum absolute atomic E-state index is 0.247. The monoisotopic (exact) mass is 414 g/mol. The first kappa shape index (κ1) is 18.8. The molecule has 1 heterocycles. The van der Waals surface area contributed by atoms with Crippen LogP contribution in [0, 0.1) is 0 Å². The molecule has 1 amide bonds. The summed E-state index contributed by atoms with van der Waals surface area (Å²) < 4.78 is 10.5. The van der Waals surface area contributed by atoms with Crippen molar-refractivity contribution in [3.05, 3.63) is 57.4 Å². The van der Waals surface area contributed by atoms with E-state index in [0.29, 0.717) is 33.7 Å². The fourth-order valence-electron chi connectivity index (χ4n) is 2.88. The van der Waals surface area contributed by atoms with E-state index >= 15 is 0 Å². The fourth-order valence-corrected chi connectivity index (χ4v) is 4.12. The van der Waals surface area contributed by atoms with Crippen molar-refractivity contribution >= 4 is 34.5 Å². The zero-order valence-electron chi connectivity index (χ0n) is 15.5. The summed E-state index contributed by atoms with van der Waals surface area (Å²) in [5.74, 6) is 1.36. The molecule has 0 unspecified atom stereocenters. The molecule has 0 bridgehead atoms. The van der Waals surface area contributed by atoms with E-state index in [0.717, 1.165) is 11.3 Å². The molecule has 28 heavy (non-hydrogen) atoms. The van der Waals surface area contributed by atoms with Gasteiger partial charge < -0.3 is 14.8 Å². The molecule has 0 spiro atoms. The number of benzene rings is 2. The Morgan fingerprint density at radius 2 is 1.86 bits per heavy atom. The Bertz CT molecular complexity index is 1010. The topological polar surface area (TPSA) is 60.5 Å². The maximum absolute atomic E-state index is 12.6. The summed E-state index contributed by atoms with van der Waals surface area (Å²) in [5, 5.41) is 6.52. The van der Waals surface area contributed by atoms with Crippen LogP contribution in [0.2, 0.25) is 5.02 Å². The fraction of sp³-hybridized carbons (Fsp3) is 0.238. The summed E-state index contributed by atoms with van der Waals surface area (Å²) in [6.07, 6.45) is 2.48. The number of anilines is 1. The van der Waals surface area contributed by atoms with Crippen molar-refractivity contribution in [3.8, 4) is 22.8 Å². The highest BCUT2D eigenvalue weighted by atomic mass is 35.5. The third kappa shape index (κ3) is 3.84. The Hall–Kier alpha value is -2.57. The molecule has 4 rings (SSSR count). The number of thiazole rings is 1. The number of aromatic nitrogens is 1. The Labute approximate surface area is 172 Å². The number of hydrogen-bond acceptors (Lipinski definition) is 5. The molecule has 2 aromatic carbocycles. The predicted octanol–water partition coefficient (Wildman–Crippen LogP) is 5.61. The first-order valence-electron chi connectivity index (χ1n) is 8.87. The molecule has 144 valence electrons. The minimum Gasteiger partial charge on any atom is -0.495 e. The minimum atomic E-state index is -0.247. The molecule has 0 aliphatic heterocycles. The van der Waals surface area contributed by atoms with Crippen molar-refractivity contribution in [2.75, 3.05) is 19.5 Å². The van der Waals surface area contributed by atoms with Gasteiger partial charge in [0.2, 0.25) is 0 Å². The second kappa shape index (κ2) is 7.81. The Kier molecular flexibility index (Phi) is 5.24. The highest BCUT2D eigenvalue weighted by Gasteiger charge is 2.26. The van der Waals surface area contributed by atoms with Gasteiger partial charge in [-0.15, -0.1) is 11.3 Å². The van der Waals surface area contributed by atoms with Crippen LogP contribution in [0.5, 0.6) is 11.5 Å². The Morgan fingerprint density at radius 3 is 2.50 bits per heavy atom. The molecule has 1 saturated carbocycles. The summed E-state index contributed by atoms with van der Waals surface area (Å²) in [4.78, 5) is 17.4. The molecule has 0 radical (unpaired) electrons. The normalized spacial score (nSPS) is 13.2. The van der Waals surface area contributed by atoms with Gasteiger partial charge in [0, 0.05) is 28.5 Å². The van der Waals surface area contributed by atoms with Gasteiger partial charge >= 0.3 is 0 Å². The summed E-state index contributed by atoms with van der Waals surface area (Å²) >= 11 is 7.88. The van der Waals surface area contributed by atoms with Gasteiger partial charge in [-0.1, -0.05) is 23.7 Å². The van der Waals surface area contributed by atoms with Crippen LogP contribution >= 0.6 is 22.9 Å². The molecule has 5 nitrogen and oxygen atoms in total. The molecule has 7 heteroatoms. The van der Waals surface area contributed by atoms with Gasteiger partial charge in [-0.2, -0.15) is 0 Å². The quantitative estimate of drug-likeness (QED) is 0.569. The highest BCUT2D eigenvalue weighted by Crippen LogP contribution is 2.42. The molecule has 0 atom stereocenters. The van der Waals surface area contributed by atoms with Crippen molar-refractivity contribution in [2.45, 2.75) is 18.8 Å². The van der Waals surface area contributed by atoms with Crippen molar-refractivity contribution in [1.82, 2.24) is 4.98 Å². The SMILES string of the molecule is COc1cc(OC)c(NC(=O)c2ccc(-c3csc(C4CC4)n3)cc2)cc1Cl. The van der Waals surface area contributed by atoms with Crippen molar-refractivity contribution < 1.29 is 14.3 Å². The number of halogens is 1. The van der Waals surface area contributed by atoms with Gasteiger partial charge in [0.15, 0.2) is 0 Å². The number of carbonyl (C=O) groups is 1. The van der Waals surface area contributed by atoms with Crippen LogP contribution in [0.4, 0.5) is 5.69 Å². The smallest absolute Gasteiger partial charge is 0.255 e. The van der Waals surface area contributed by atoms with E-state index in [1.54, 1.807) is 35.6 Å². The van der Waals surface area contributed by atoms with E-state index < -0.39 is 0 Å². The molecule has 1 aliphatic carbocycles. The van der Waals surface area contributed by atoms with E-state index in [9.17, 15) is 4.79 Å². The molecular weight excluding hydrogens is 396 g/mol. The van der Waals surface area contributed by atoms with Gasteiger partial charge in [0.1, 0.15) is 11.5 Å². The molecule has 1 aliphatic rings. The summed E-state index contributed by atoms with van der Waals surface area (Å²) in [7, 11) is 3.05. The van der Waals surface area contributed by atoms with E-state index in [4.69, 9.17) is 26.1 Å². The number of hydrogen-bond donors (Lipinski definition) is 1. The number of amides is 1. The van der Waals surface area contributed by atoms with Gasteiger partial charge in [0.25, 0.3) is 5.91 Å². The molecule has 1 aromatic heterocycles. The van der Waals surface area contributed by atoms with Crippen LogP contribution in [-0.2, 0) is 0 Å². The first-order valence-corrected chi connectivity index (χ1v) is 10.1. The number of ether oxygens (including phenoxy) is 2. The third-order valence-electron chi connectivity index (χ3n) is 4.61. The summed E-state index contributed by atoms with van der Waals surface area (Å²) in [5.41, 5.74) is 2.98. The van der Waals surface area contributed by atoms with Crippen molar-refractivity contribution in [1.29, 1.82) is 0 Å². The lowest BCUT2D eigenvalue weighted by Gasteiger charge is -2.13. The summed E-state index contributed by atoms with van der Waals surface area (Å²) in [6, 6.07) is 10.7. The lowest BCUT2D eigenvalue weighted by molar-refractivity contribution is 0.102. The van der Waals surface area contributed by atoms with E-state index in [2.05, 4.69) is 10.7 Å². The number of methoxy groups -OCH3 is 2. The zero-order valence-corrected chi connectivity index (χ0v) is 17.1. The van der Waals surface area contributed by atoms with Gasteiger partial charge in [-0.05, 0) is 31.0 Å². The van der Waals surface area contributed by atoms with Crippen LogP contribution in [0.1, 0.15) is 34.1 Å². The summed E-state index contributed by atoms with van der Waals surface area (Å²) in [6.45, 7) is 0. The van der Waals surface area contributed by atoms with E-state index in [1.165, 1.54) is 32.1 Å². The molecule has 1 N–H and O–H groups in total. The zero-order chi connectivity index (χ0) is 19.7. The molecule has 3 aromatic rings. The number of carbonyl (C=O) groups excluding carboxylic acids is 1. The average molecular weight is 415 g/mol. The Balaban J connectivity index is 1.51. The second-order valence-corrected chi connectivity index (χ2v) is 7.86. The van der Waals surface area contributed by atoms with Crippen molar-refractivity contribution in [2.24, 2.45) is 0 Å². The third-order valence-corrected chi connectivity index (χ3v) is 5.92. The van der Waals surface area contributed by atoms with Gasteiger partial charge in [0.05, 0.1) is 35.6 Å². The standard InChI is InChI=1S/C21H19ClN2O3S/c1-26-18-10-19(27-2)16(9-15(18)22)23-20(25)13-5-3-12(4-6-13)17-11-28-21(24-17)14-7-8-14/h3-6,9-11,14H,7-8H2,1-2H3,(H,23,25). The molecule has 0 saturated heterocycles. The van der Waals surface area contributed by atoms with Crippen LogP contribution in [0.25, 0.3) is 11.3 Å². The Morgan fingerprint density at radius 1 is 1.14 bits per heavy atom. The molecular formula is C21H19ClN2O3S. The lowest BCUT2D eigenvalue weighted by atomic mass is 10.1. The van der Waals surface area contributed by atoms with Crippen LogP contribution in [0.15, 0.2) is 41.8 Å². The van der Waals surface area contributed by atoms with Crippen LogP contribution < -0.4 is 14.8 Å². The van der Waals surface area contributed by atoms with E-state index in [-0.39, 0.29) is 5.91 Å². The van der Waals surface area contributed by atoms with Gasteiger partial charge in [-0.3, -0.25) is 4.79 Å². The average Bonchev–Trinajstić information content (AvgIpc) is 3.45. The first-order chi connectivity index (χ1) is 13.6. The largest absolute Gasteiger partial charge is 0.495 e. The van der Waals surface area contributed by atoms with E-state index in [1.807, 2.05) is 12.1 Å². The number of nitrogens with zero attached hydrogens (tertiary/aromatic N) is 1. The van der Waals surface area contributed by atoms with Crippen LogP contribution in [-0.4, -0.2) is 25.1 Å². The predicted molar refractivity (Wildman–Crippen MR) is 112 cm³/mol. The van der Waals surface area contributed by atoms with Gasteiger partial charge in [-0.25, -0.2) is 4.98 Å². The second-order valence-electron chi connectivity index (χ2n) is 6.56. The lowest BCUT2D eigenvalue weighted by Crippen LogP contribution is -2.12. The molecule has 1 fully saturated rings. The number of rotatable bonds is 6.